The second-order valence-corrected chi connectivity index (χ2v) is 3.70. The lowest BCUT2D eigenvalue weighted by Gasteiger charge is -2.19. The van der Waals surface area contributed by atoms with Crippen LogP contribution < -0.4 is 5.32 Å². The quantitative estimate of drug-likeness (QED) is 0.620. The van der Waals surface area contributed by atoms with Gasteiger partial charge >= 0.3 is 5.97 Å². The smallest absolute Gasteiger partial charge is 0.310 e. The zero-order chi connectivity index (χ0) is 9.14. The molecule has 1 heterocycles. The number of carbonyl (C=O) groups excluding carboxylic acids is 1. The summed E-state index contributed by atoms with van der Waals surface area (Å²) in [6.45, 7) is 6.01. The molecule has 3 heteroatoms. The molecular formula is C9H17NO2. The molecule has 1 aliphatic rings. The Balaban J connectivity index is 2.57. The van der Waals surface area contributed by atoms with Crippen molar-refractivity contribution in [2.24, 2.45) is 17.8 Å². The van der Waals surface area contributed by atoms with Crippen molar-refractivity contribution in [1.82, 2.24) is 5.32 Å². The molecule has 0 amide bonds. The fourth-order valence-corrected chi connectivity index (χ4v) is 1.81. The van der Waals surface area contributed by atoms with Gasteiger partial charge in [-0.2, -0.15) is 0 Å². The van der Waals surface area contributed by atoms with E-state index in [1.165, 1.54) is 7.11 Å². The lowest BCUT2D eigenvalue weighted by Crippen LogP contribution is -2.27. The Labute approximate surface area is 73.5 Å². The zero-order valence-corrected chi connectivity index (χ0v) is 7.96. The van der Waals surface area contributed by atoms with Crippen molar-refractivity contribution in [1.29, 1.82) is 0 Å². The monoisotopic (exact) mass is 171 g/mol. The molecule has 3 nitrogen and oxygen atoms in total. The Kier molecular flexibility index (Phi) is 3.09. The highest BCUT2D eigenvalue weighted by atomic mass is 16.5. The van der Waals surface area contributed by atoms with E-state index in [1.807, 2.05) is 0 Å². The van der Waals surface area contributed by atoms with Crippen LogP contribution in [0.1, 0.15) is 13.8 Å². The van der Waals surface area contributed by atoms with E-state index >= 15 is 0 Å². The molecule has 0 aliphatic carbocycles. The van der Waals surface area contributed by atoms with Gasteiger partial charge < -0.3 is 10.1 Å². The van der Waals surface area contributed by atoms with Gasteiger partial charge in [0.1, 0.15) is 0 Å². The third-order valence-corrected chi connectivity index (χ3v) is 2.62. The number of hydrogen-bond acceptors (Lipinski definition) is 3. The molecule has 0 radical (unpaired) electrons. The van der Waals surface area contributed by atoms with Crippen LogP contribution in [0.25, 0.3) is 0 Å². The van der Waals surface area contributed by atoms with Gasteiger partial charge in [-0.1, -0.05) is 13.8 Å². The highest BCUT2D eigenvalue weighted by Gasteiger charge is 2.35. The summed E-state index contributed by atoms with van der Waals surface area (Å²) in [6.07, 6.45) is 0. The van der Waals surface area contributed by atoms with Gasteiger partial charge in [-0.05, 0) is 18.4 Å². The summed E-state index contributed by atoms with van der Waals surface area (Å²) in [5, 5.41) is 3.22. The average molecular weight is 171 g/mol. The third-order valence-electron chi connectivity index (χ3n) is 2.62. The SMILES string of the molecule is COC(=O)C1CNCC1C(C)C. The van der Waals surface area contributed by atoms with E-state index in [9.17, 15) is 4.79 Å². The molecule has 70 valence electrons. The van der Waals surface area contributed by atoms with Gasteiger partial charge in [0.05, 0.1) is 13.0 Å². The molecule has 0 spiro atoms. The van der Waals surface area contributed by atoms with Crippen LogP contribution in [-0.2, 0) is 9.53 Å². The molecule has 1 rings (SSSR count). The largest absolute Gasteiger partial charge is 0.469 e. The molecule has 2 unspecified atom stereocenters. The van der Waals surface area contributed by atoms with Crippen LogP contribution in [0.15, 0.2) is 0 Å². The van der Waals surface area contributed by atoms with Gasteiger partial charge in [-0.15, -0.1) is 0 Å². The first-order valence-corrected chi connectivity index (χ1v) is 4.45. The zero-order valence-electron chi connectivity index (χ0n) is 7.96. The molecular weight excluding hydrogens is 154 g/mol. The maximum atomic E-state index is 11.3. The molecule has 0 saturated carbocycles. The van der Waals surface area contributed by atoms with Crippen molar-refractivity contribution >= 4 is 5.97 Å². The van der Waals surface area contributed by atoms with Gasteiger partial charge in [0.2, 0.25) is 0 Å². The molecule has 0 bridgehead atoms. The second-order valence-electron chi connectivity index (χ2n) is 3.70. The lowest BCUT2D eigenvalue weighted by atomic mass is 9.86. The lowest BCUT2D eigenvalue weighted by molar-refractivity contribution is -0.146. The van der Waals surface area contributed by atoms with Crippen molar-refractivity contribution < 1.29 is 9.53 Å². The minimum absolute atomic E-state index is 0.0648. The number of carbonyl (C=O) groups is 1. The number of nitrogens with one attached hydrogen (secondary N) is 1. The van der Waals surface area contributed by atoms with Crippen molar-refractivity contribution in [3.05, 3.63) is 0 Å². The summed E-state index contributed by atoms with van der Waals surface area (Å²) in [4.78, 5) is 11.3. The summed E-state index contributed by atoms with van der Waals surface area (Å²) < 4.78 is 4.74. The van der Waals surface area contributed by atoms with Crippen LogP contribution in [0.5, 0.6) is 0 Å². The predicted molar refractivity (Wildman–Crippen MR) is 46.7 cm³/mol. The van der Waals surface area contributed by atoms with Crippen LogP contribution in [0.3, 0.4) is 0 Å². The van der Waals surface area contributed by atoms with Crippen molar-refractivity contribution in [3.8, 4) is 0 Å². The summed E-state index contributed by atoms with van der Waals surface area (Å²) >= 11 is 0. The average Bonchev–Trinajstić information content (AvgIpc) is 2.50. The normalized spacial score (nSPS) is 29.3. The Morgan fingerprint density at radius 1 is 1.50 bits per heavy atom. The Bertz CT molecular complexity index is 168. The molecule has 12 heavy (non-hydrogen) atoms. The summed E-state index contributed by atoms with van der Waals surface area (Å²) in [5.41, 5.74) is 0. The summed E-state index contributed by atoms with van der Waals surface area (Å²) in [6, 6.07) is 0. The minimum atomic E-state index is -0.0706. The molecule has 1 fully saturated rings. The fourth-order valence-electron chi connectivity index (χ4n) is 1.81. The van der Waals surface area contributed by atoms with Gasteiger partial charge in [-0.3, -0.25) is 4.79 Å². The van der Waals surface area contributed by atoms with Gasteiger partial charge in [0, 0.05) is 6.54 Å². The highest BCUT2D eigenvalue weighted by molar-refractivity contribution is 5.73. The van der Waals surface area contributed by atoms with Crippen molar-refractivity contribution in [2.45, 2.75) is 13.8 Å². The second kappa shape index (κ2) is 3.90. The standard InChI is InChI=1S/C9H17NO2/c1-6(2)7-4-10-5-8(7)9(11)12-3/h6-8,10H,4-5H2,1-3H3. The topological polar surface area (TPSA) is 38.3 Å². The summed E-state index contributed by atoms with van der Waals surface area (Å²) in [7, 11) is 1.46. The third kappa shape index (κ3) is 1.78. The number of esters is 1. The van der Waals surface area contributed by atoms with E-state index in [2.05, 4.69) is 19.2 Å². The predicted octanol–water partition coefficient (Wildman–Crippen LogP) is 0.651. The number of methoxy groups -OCH3 is 1. The van der Waals surface area contributed by atoms with E-state index in [-0.39, 0.29) is 11.9 Å². The number of hydrogen-bond donors (Lipinski definition) is 1. The maximum Gasteiger partial charge on any atom is 0.310 e. The highest BCUT2D eigenvalue weighted by Crippen LogP contribution is 2.25. The van der Waals surface area contributed by atoms with E-state index in [0.29, 0.717) is 11.8 Å². The maximum absolute atomic E-state index is 11.3. The Morgan fingerprint density at radius 3 is 2.67 bits per heavy atom. The minimum Gasteiger partial charge on any atom is -0.469 e. The first-order valence-electron chi connectivity index (χ1n) is 4.45. The van der Waals surface area contributed by atoms with E-state index in [4.69, 9.17) is 4.74 Å². The molecule has 0 aromatic rings. The fraction of sp³-hybridized carbons (Fsp3) is 0.889. The first kappa shape index (κ1) is 9.52. The number of ether oxygens (including phenoxy) is 1. The summed E-state index contributed by atoms with van der Waals surface area (Å²) in [5.74, 6) is 0.982. The van der Waals surface area contributed by atoms with E-state index in [0.717, 1.165) is 13.1 Å². The van der Waals surface area contributed by atoms with Gasteiger partial charge in [0.25, 0.3) is 0 Å². The van der Waals surface area contributed by atoms with Gasteiger partial charge in [-0.25, -0.2) is 0 Å². The van der Waals surface area contributed by atoms with Gasteiger partial charge in [0.15, 0.2) is 0 Å². The molecule has 1 saturated heterocycles. The Hall–Kier alpha value is -0.570. The molecule has 1 N–H and O–H groups in total. The molecule has 0 aromatic carbocycles. The van der Waals surface area contributed by atoms with Crippen LogP contribution in [0, 0.1) is 17.8 Å². The molecule has 0 aromatic heterocycles. The van der Waals surface area contributed by atoms with Crippen LogP contribution in [0.2, 0.25) is 0 Å². The first-order chi connectivity index (χ1) is 5.66. The van der Waals surface area contributed by atoms with Crippen LogP contribution >= 0.6 is 0 Å². The van der Waals surface area contributed by atoms with E-state index in [1.54, 1.807) is 0 Å². The van der Waals surface area contributed by atoms with Crippen LogP contribution in [-0.4, -0.2) is 26.2 Å². The van der Waals surface area contributed by atoms with Crippen molar-refractivity contribution in [3.63, 3.8) is 0 Å². The van der Waals surface area contributed by atoms with E-state index < -0.39 is 0 Å². The van der Waals surface area contributed by atoms with Crippen LogP contribution in [0.4, 0.5) is 0 Å². The molecule has 1 aliphatic heterocycles. The number of rotatable bonds is 2. The molecule has 2 atom stereocenters. The Morgan fingerprint density at radius 2 is 2.17 bits per heavy atom. The van der Waals surface area contributed by atoms with Crippen molar-refractivity contribution in [2.75, 3.05) is 20.2 Å².